The van der Waals surface area contributed by atoms with Gasteiger partial charge in [0.05, 0.1) is 0 Å². The molecule has 0 aliphatic carbocycles. The summed E-state index contributed by atoms with van der Waals surface area (Å²) in [4.78, 5) is 2.50. The number of nitrogens with zero attached hydrogens (tertiary/aromatic N) is 1. The van der Waals surface area contributed by atoms with Gasteiger partial charge in [-0.1, -0.05) is 46.5 Å². The number of likely N-dealkylation sites (N-methyl/N-ethyl adjacent to an activating group) is 1. The highest BCUT2D eigenvalue weighted by Gasteiger charge is 2.27. The minimum atomic E-state index is 0.219. The average molecular weight is 214 g/mol. The van der Waals surface area contributed by atoms with E-state index in [0.717, 1.165) is 19.6 Å². The summed E-state index contributed by atoms with van der Waals surface area (Å²) in [5.41, 5.74) is 6.15. The zero-order valence-corrected chi connectivity index (χ0v) is 11.2. The Bertz CT molecular complexity index is 143. The Morgan fingerprint density at radius 3 is 2.00 bits per heavy atom. The van der Waals surface area contributed by atoms with Crippen molar-refractivity contribution in [3.8, 4) is 0 Å². The molecule has 2 nitrogen and oxygen atoms in total. The summed E-state index contributed by atoms with van der Waals surface area (Å²) in [6.45, 7) is 12.0. The molecule has 0 aromatic rings. The average Bonchev–Trinajstić information content (AvgIpc) is 2.26. The molecule has 0 fully saturated rings. The maximum absolute atomic E-state index is 5.93. The second kappa shape index (κ2) is 8.12. The van der Waals surface area contributed by atoms with Crippen molar-refractivity contribution < 1.29 is 0 Å². The van der Waals surface area contributed by atoms with Crippen molar-refractivity contribution >= 4 is 0 Å². The van der Waals surface area contributed by atoms with Crippen LogP contribution in [0.25, 0.3) is 0 Å². The highest BCUT2D eigenvalue weighted by molar-refractivity contribution is 4.86. The molecule has 0 spiro atoms. The molecule has 0 radical (unpaired) electrons. The first-order valence-electron chi connectivity index (χ1n) is 6.59. The van der Waals surface area contributed by atoms with E-state index in [0.29, 0.717) is 0 Å². The fourth-order valence-electron chi connectivity index (χ4n) is 2.31. The van der Waals surface area contributed by atoms with Crippen LogP contribution in [0, 0.1) is 0 Å². The van der Waals surface area contributed by atoms with E-state index in [9.17, 15) is 0 Å². The van der Waals surface area contributed by atoms with Crippen molar-refractivity contribution in [1.29, 1.82) is 0 Å². The van der Waals surface area contributed by atoms with Crippen molar-refractivity contribution in [2.75, 3.05) is 19.6 Å². The molecule has 2 heteroatoms. The largest absolute Gasteiger partial charge is 0.329 e. The molecular formula is C13H30N2. The van der Waals surface area contributed by atoms with Crippen LogP contribution < -0.4 is 5.73 Å². The smallest absolute Gasteiger partial charge is 0.0303 e. The predicted octanol–water partition coefficient (Wildman–Crippen LogP) is 3.02. The predicted molar refractivity (Wildman–Crippen MR) is 69.1 cm³/mol. The van der Waals surface area contributed by atoms with Gasteiger partial charge in [0.2, 0.25) is 0 Å². The summed E-state index contributed by atoms with van der Waals surface area (Å²) in [7, 11) is 0. The van der Waals surface area contributed by atoms with E-state index in [1.165, 1.54) is 32.1 Å². The molecule has 0 aliphatic rings. The molecule has 2 N–H and O–H groups in total. The Kier molecular flexibility index (Phi) is 8.07. The monoisotopic (exact) mass is 214 g/mol. The van der Waals surface area contributed by atoms with Crippen LogP contribution in [0.4, 0.5) is 0 Å². The van der Waals surface area contributed by atoms with E-state index >= 15 is 0 Å². The maximum atomic E-state index is 5.93. The number of hydrogen-bond donors (Lipinski definition) is 1. The first-order chi connectivity index (χ1) is 7.14. The van der Waals surface area contributed by atoms with E-state index < -0.39 is 0 Å². The Labute approximate surface area is 96.2 Å². The third-order valence-electron chi connectivity index (χ3n) is 3.54. The topological polar surface area (TPSA) is 29.3 Å². The fraction of sp³-hybridized carbons (Fsp3) is 1.00. The summed E-state index contributed by atoms with van der Waals surface area (Å²) in [5.74, 6) is 0. The molecule has 0 bridgehead atoms. The van der Waals surface area contributed by atoms with Crippen LogP contribution in [0.15, 0.2) is 0 Å². The van der Waals surface area contributed by atoms with Gasteiger partial charge in [-0.2, -0.15) is 0 Å². The molecule has 15 heavy (non-hydrogen) atoms. The summed E-state index contributed by atoms with van der Waals surface area (Å²) in [6, 6.07) is 0. The second-order valence-electron chi connectivity index (χ2n) is 4.68. The van der Waals surface area contributed by atoms with Crippen molar-refractivity contribution in [3.05, 3.63) is 0 Å². The summed E-state index contributed by atoms with van der Waals surface area (Å²) < 4.78 is 0. The minimum absolute atomic E-state index is 0.219. The van der Waals surface area contributed by atoms with Crippen LogP contribution in [-0.4, -0.2) is 30.1 Å². The third kappa shape index (κ3) is 4.98. The number of hydrogen-bond acceptors (Lipinski definition) is 2. The molecule has 0 aliphatic heterocycles. The normalized spacial score (nSPS) is 15.6. The van der Waals surface area contributed by atoms with Crippen molar-refractivity contribution in [2.45, 2.75) is 65.3 Å². The van der Waals surface area contributed by atoms with Gasteiger partial charge in [0.15, 0.2) is 0 Å². The number of rotatable bonds is 9. The standard InChI is InChI=1S/C13H30N2/c1-5-8-9-10-11-13(4,12-14)15(6-2)7-3/h5-12,14H2,1-4H3. The molecule has 92 valence electrons. The molecule has 1 atom stereocenters. The van der Waals surface area contributed by atoms with Gasteiger partial charge in [0.25, 0.3) is 0 Å². The lowest BCUT2D eigenvalue weighted by Crippen LogP contribution is -2.51. The van der Waals surface area contributed by atoms with Gasteiger partial charge in [-0.3, -0.25) is 4.90 Å². The maximum Gasteiger partial charge on any atom is 0.0303 e. The van der Waals surface area contributed by atoms with Gasteiger partial charge in [-0.05, 0) is 26.4 Å². The first kappa shape index (κ1) is 14.9. The highest BCUT2D eigenvalue weighted by atomic mass is 15.2. The van der Waals surface area contributed by atoms with Crippen LogP contribution >= 0.6 is 0 Å². The van der Waals surface area contributed by atoms with Crippen LogP contribution in [0.5, 0.6) is 0 Å². The lowest BCUT2D eigenvalue weighted by Gasteiger charge is -2.39. The van der Waals surface area contributed by atoms with Gasteiger partial charge in [-0.25, -0.2) is 0 Å². The van der Waals surface area contributed by atoms with E-state index in [2.05, 4.69) is 32.6 Å². The quantitative estimate of drug-likeness (QED) is 0.598. The van der Waals surface area contributed by atoms with E-state index in [-0.39, 0.29) is 5.54 Å². The SMILES string of the molecule is CCCCCCC(C)(CN)N(CC)CC. The Morgan fingerprint density at radius 2 is 1.60 bits per heavy atom. The zero-order valence-electron chi connectivity index (χ0n) is 11.2. The highest BCUT2D eigenvalue weighted by Crippen LogP contribution is 2.21. The summed E-state index contributed by atoms with van der Waals surface area (Å²) >= 11 is 0. The Balaban J connectivity index is 4.05. The number of nitrogens with two attached hydrogens (primary N) is 1. The zero-order chi connectivity index (χ0) is 11.7. The van der Waals surface area contributed by atoms with Crippen molar-refractivity contribution in [1.82, 2.24) is 4.90 Å². The van der Waals surface area contributed by atoms with E-state index in [1.807, 2.05) is 0 Å². The van der Waals surface area contributed by atoms with Gasteiger partial charge < -0.3 is 5.73 Å². The summed E-state index contributed by atoms with van der Waals surface area (Å²) in [6.07, 6.45) is 6.58. The van der Waals surface area contributed by atoms with E-state index in [4.69, 9.17) is 5.73 Å². The molecule has 0 rings (SSSR count). The van der Waals surface area contributed by atoms with Crippen LogP contribution in [0.2, 0.25) is 0 Å². The van der Waals surface area contributed by atoms with Crippen LogP contribution in [-0.2, 0) is 0 Å². The molecular weight excluding hydrogens is 184 g/mol. The molecule has 0 saturated heterocycles. The van der Waals surface area contributed by atoms with Crippen molar-refractivity contribution in [3.63, 3.8) is 0 Å². The summed E-state index contributed by atoms with van der Waals surface area (Å²) in [5, 5.41) is 0. The minimum Gasteiger partial charge on any atom is -0.329 e. The molecule has 1 unspecified atom stereocenters. The van der Waals surface area contributed by atoms with E-state index in [1.54, 1.807) is 0 Å². The third-order valence-corrected chi connectivity index (χ3v) is 3.54. The van der Waals surface area contributed by atoms with Crippen molar-refractivity contribution in [2.24, 2.45) is 5.73 Å². The second-order valence-corrected chi connectivity index (χ2v) is 4.68. The molecule has 0 amide bonds. The molecule has 0 aromatic heterocycles. The molecule has 0 aromatic carbocycles. The lowest BCUT2D eigenvalue weighted by atomic mass is 9.92. The van der Waals surface area contributed by atoms with Crippen LogP contribution in [0.1, 0.15) is 59.8 Å². The number of unbranched alkanes of at least 4 members (excludes halogenated alkanes) is 3. The Hall–Kier alpha value is -0.0800. The fourth-order valence-corrected chi connectivity index (χ4v) is 2.31. The lowest BCUT2D eigenvalue weighted by molar-refractivity contribution is 0.111. The van der Waals surface area contributed by atoms with Gasteiger partial charge in [0, 0.05) is 12.1 Å². The first-order valence-corrected chi connectivity index (χ1v) is 6.59. The van der Waals surface area contributed by atoms with Gasteiger partial charge in [-0.15, -0.1) is 0 Å². The molecule has 0 saturated carbocycles. The Morgan fingerprint density at radius 1 is 1.00 bits per heavy atom. The molecule has 0 heterocycles. The van der Waals surface area contributed by atoms with Crippen LogP contribution in [0.3, 0.4) is 0 Å². The van der Waals surface area contributed by atoms with Gasteiger partial charge in [0.1, 0.15) is 0 Å². The van der Waals surface area contributed by atoms with Gasteiger partial charge >= 0.3 is 0 Å².